The van der Waals surface area contributed by atoms with E-state index in [1.165, 1.54) is 18.2 Å². The lowest BCUT2D eigenvalue weighted by Crippen LogP contribution is -2.14. The van der Waals surface area contributed by atoms with Crippen molar-refractivity contribution < 1.29 is 19.4 Å². The van der Waals surface area contributed by atoms with Crippen LogP contribution >= 0.6 is 11.6 Å². The minimum Gasteiger partial charge on any atom is -0.503 e. The van der Waals surface area contributed by atoms with E-state index in [4.69, 9.17) is 21.1 Å². The smallest absolute Gasteiger partial charge is 0.266 e. The molecular weight excluding hydrogens is 368 g/mol. The van der Waals surface area contributed by atoms with Crippen molar-refractivity contribution in [2.45, 2.75) is 13.8 Å². The maximum atomic E-state index is 12.5. The van der Waals surface area contributed by atoms with Gasteiger partial charge < -0.3 is 19.9 Å². The lowest BCUT2D eigenvalue weighted by Gasteiger charge is -2.11. The van der Waals surface area contributed by atoms with Gasteiger partial charge in [-0.1, -0.05) is 23.7 Å². The quantitative estimate of drug-likeness (QED) is 0.544. The van der Waals surface area contributed by atoms with Gasteiger partial charge >= 0.3 is 0 Å². The molecule has 0 aromatic heterocycles. The first-order chi connectivity index (χ1) is 13.0. The van der Waals surface area contributed by atoms with Crippen LogP contribution in [-0.4, -0.2) is 24.2 Å². The number of ether oxygens (including phenoxy) is 2. The van der Waals surface area contributed by atoms with E-state index in [9.17, 15) is 15.2 Å². The molecule has 0 fully saturated rings. The van der Waals surface area contributed by atoms with Crippen LogP contribution in [0, 0.1) is 11.3 Å². The first kappa shape index (κ1) is 20.1. The number of amides is 1. The maximum Gasteiger partial charge on any atom is 0.266 e. The Bertz CT molecular complexity index is 903. The van der Waals surface area contributed by atoms with Crippen molar-refractivity contribution in [2.24, 2.45) is 0 Å². The topological polar surface area (TPSA) is 91.6 Å². The summed E-state index contributed by atoms with van der Waals surface area (Å²) in [6.07, 6.45) is 1.37. The second-order valence-electron chi connectivity index (χ2n) is 5.34. The number of hydrogen-bond donors (Lipinski definition) is 2. The molecule has 0 heterocycles. The Balaban J connectivity index is 2.31. The Morgan fingerprint density at radius 3 is 2.56 bits per heavy atom. The standard InChI is InChI=1S/C20H19ClN2O4/c1-3-26-17-8-6-5-7-16(17)23-20(25)14(12-22)9-13-10-15(21)19(24)18(11-13)27-4-2/h5-11,24H,3-4H2,1-2H3,(H,23,25)/b14-9+. The van der Waals surface area contributed by atoms with Crippen LogP contribution in [0.2, 0.25) is 5.02 Å². The molecule has 2 aromatic rings. The zero-order valence-electron chi connectivity index (χ0n) is 15.0. The van der Waals surface area contributed by atoms with Crippen LogP contribution in [0.5, 0.6) is 17.2 Å². The van der Waals surface area contributed by atoms with E-state index < -0.39 is 5.91 Å². The molecule has 0 unspecified atom stereocenters. The van der Waals surface area contributed by atoms with Crippen LogP contribution in [0.15, 0.2) is 42.0 Å². The molecule has 2 aromatic carbocycles. The molecule has 2 rings (SSSR count). The Morgan fingerprint density at radius 1 is 1.22 bits per heavy atom. The number of anilines is 1. The fourth-order valence-corrected chi connectivity index (χ4v) is 2.52. The molecule has 0 saturated carbocycles. The first-order valence-electron chi connectivity index (χ1n) is 8.30. The van der Waals surface area contributed by atoms with Crippen molar-refractivity contribution in [3.8, 4) is 23.3 Å². The molecule has 0 atom stereocenters. The zero-order valence-corrected chi connectivity index (χ0v) is 15.7. The number of nitrogens with one attached hydrogen (secondary N) is 1. The summed E-state index contributed by atoms with van der Waals surface area (Å²) in [4.78, 5) is 12.5. The molecule has 0 saturated heterocycles. The van der Waals surface area contributed by atoms with Crippen molar-refractivity contribution in [1.82, 2.24) is 0 Å². The van der Waals surface area contributed by atoms with Gasteiger partial charge in [-0.05, 0) is 49.8 Å². The highest BCUT2D eigenvalue weighted by atomic mass is 35.5. The van der Waals surface area contributed by atoms with Crippen LogP contribution in [0.4, 0.5) is 5.69 Å². The Morgan fingerprint density at radius 2 is 1.89 bits per heavy atom. The second kappa shape index (κ2) is 9.51. The molecule has 0 aliphatic rings. The third-order valence-electron chi connectivity index (χ3n) is 3.46. The van der Waals surface area contributed by atoms with Crippen molar-refractivity contribution in [3.05, 3.63) is 52.6 Å². The average molecular weight is 387 g/mol. The number of hydrogen-bond acceptors (Lipinski definition) is 5. The monoisotopic (exact) mass is 386 g/mol. The molecule has 6 nitrogen and oxygen atoms in total. The minimum atomic E-state index is -0.591. The molecule has 0 aliphatic carbocycles. The molecule has 0 bridgehead atoms. The molecule has 0 spiro atoms. The second-order valence-corrected chi connectivity index (χ2v) is 5.74. The molecular formula is C20H19ClN2O4. The molecule has 7 heteroatoms. The van der Waals surface area contributed by atoms with Crippen molar-refractivity contribution in [1.29, 1.82) is 5.26 Å². The van der Waals surface area contributed by atoms with Crippen molar-refractivity contribution >= 4 is 29.3 Å². The van der Waals surface area contributed by atoms with Gasteiger partial charge in [0.1, 0.15) is 17.4 Å². The van der Waals surface area contributed by atoms with Gasteiger partial charge in [0.25, 0.3) is 5.91 Å². The highest BCUT2D eigenvalue weighted by Gasteiger charge is 2.14. The number of nitrogens with zero attached hydrogens (tertiary/aromatic N) is 1. The van der Waals surface area contributed by atoms with Crippen LogP contribution in [0.3, 0.4) is 0 Å². The molecule has 1 amide bonds. The maximum absolute atomic E-state index is 12.5. The Hall–Kier alpha value is -3.17. The number of phenolic OH excluding ortho intramolecular Hbond substituents is 1. The SMILES string of the molecule is CCOc1ccccc1NC(=O)/C(C#N)=C/c1cc(Cl)c(O)c(OCC)c1. The zero-order chi connectivity index (χ0) is 19.8. The van der Waals surface area contributed by atoms with Gasteiger partial charge in [-0.3, -0.25) is 4.79 Å². The van der Waals surface area contributed by atoms with Crippen LogP contribution in [0.1, 0.15) is 19.4 Å². The number of aromatic hydroxyl groups is 1. The molecule has 140 valence electrons. The van der Waals surface area contributed by atoms with E-state index in [0.717, 1.165) is 0 Å². The van der Waals surface area contributed by atoms with Crippen LogP contribution < -0.4 is 14.8 Å². The molecule has 0 aliphatic heterocycles. The number of halogens is 1. The van der Waals surface area contributed by atoms with E-state index in [2.05, 4.69) is 5.32 Å². The predicted molar refractivity (Wildman–Crippen MR) is 104 cm³/mol. The predicted octanol–water partition coefficient (Wildman–Crippen LogP) is 4.39. The van der Waals surface area contributed by atoms with Crippen LogP contribution in [-0.2, 0) is 4.79 Å². The average Bonchev–Trinajstić information content (AvgIpc) is 2.65. The third kappa shape index (κ3) is 5.16. The number of phenols is 1. The normalized spacial score (nSPS) is 10.8. The molecule has 0 radical (unpaired) electrons. The van der Waals surface area contributed by atoms with Gasteiger partial charge in [-0.2, -0.15) is 5.26 Å². The fourth-order valence-electron chi connectivity index (χ4n) is 2.30. The summed E-state index contributed by atoms with van der Waals surface area (Å²) in [5.74, 6) is -0.0938. The van der Waals surface area contributed by atoms with Gasteiger partial charge in [0.2, 0.25) is 0 Å². The lowest BCUT2D eigenvalue weighted by molar-refractivity contribution is -0.112. The first-order valence-corrected chi connectivity index (χ1v) is 8.68. The summed E-state index contributed by atoms with van der Waals surface area (Å²) in [5, 5.41) is 22.0. The number of rotatable bonds is 7. The van der Waals surface area contributed by atoms with Gasteiger partial charge in [0.15, 0.2) is 11.5 Å². The third-order valence-corrected chi connectivity index (χ3v) is 3.75. The molecule has 27 heavy (non-hydrogen) atoms. The van der Waals surface area contributed by atoms with E-state index in [1.54, 1.807) is 31.2 Å². The van der Waals surface area contributed by atoms with Crippen LogP contribution in [0.25, 0.3) is 6.08 Å². The number of carbonyl (C=O) groups excluding carboxylic acids is 1. The summed E-state index contributed by atoms with van der Waals surface area (Å²) in [5.41, 5.74) is 0.779. The number of carbonyl (C=O) groups is 1. The summed E-state index contributed by atoms with van der Waals surface area (Å²) in [6, 6.07) is 11.8. The molecule has 2 N–H and O–H groups in total. The Labute approximate surface area is 162 Å². The van der Waals surface area contributed by atoms with E-state index in [0.29, 0.717) is 30.2 Å². The van der Waals surface area contributed by atoms with E-state index in [-0.39, 0.29) is 22.1 Å². The van der Waals surface area contributed by atoms with Gasteiger partial charge in [0.05, 0.1) is 23.9 Å². The van der Waals surface area contributed by atoms with Gasteiger partial charge in [0, 0.05) is 0 Å². The van der Waals surface area contributed by atoms with Crippen molar-refractivity contribution in [2.75, 3.05) is 18.5 Å². The van der Waals surface area contributed by atoms with Crippen molar-refractivity contribution in [3.63, 3.8) is 0 Å². The summed E-state index contributed by atoms with van der Waals surface area (Å²) in [6.45, 7) is 4.38. The highest BCUT2D eigenvalue weighted by Crippen LogP contribution is 2.36. The van der Waals surface area contributed by atoms with Gasteiger partial charge in [-0.25, -0.2) is 0 Å². The lowest BCUT2D eigenvalue weighted by atomic mass is 10.1. The largest absolute Gasteiger partial charge is 0.503 e. The highest BCUT2D eigenvalue weighted by molar-refractivity contribution is 6.32. The number of nitriles is 1. The summed E-state index contributed by atoms with van der Waals surface area (Å²) < 4.78 is 10.8. The van der Waals surface area contributed by atoms with E-state index in [1.807, 2.05) is 13.0 Å². The van der Waals surface area contributed by atoms with E-state index >= 15 is 0 Å². The minimum absolute atomic E-state index is 0.0617. The number of para-hydroxylation sites is 2. The fraction of sp³-hybridized carbons (Fsp3) is 0.200. The van der Waals surface area contributed by atoms with Gasteiger partial charge in [-0.15, -0.1) is 0 Å². The number of benzene rings is 2. The summed E-state index contributed by atoms with van der Waals surface area (Å²) >= 11 is 5.99. The summed E-state index contributed by atoms with van der Waals surface area (Å²) in [7, 11) is 0. The Kier molecular flexibility index (Phi) is 7.09.